The second kappa shape index (κ2) is 5.85. The average Bonchev–Trinajstić information content (AvgIpc) is 2.81. The quantitative estimate of drug-likeness (QED) is 0.681. The van der Waals surface area contributed by atoms with Gasteiger partial charge in [0.2, 0.25) is 0 Å². The highest BCUT2D eigenvalue weighted by Gasteiger charge is 2.22. The van der Waals surface area contributed by atoms with Gasteiger partial charge in [0.25, 0.3) is 17.3 Å². The maximum absolute atomic E-state index is 12.0. The van der Waals surface area contributed by atoms with Crippen LogP contribution in [0.5, 0.6) is 0 Å². The Morgan fingerprint density at radius 2 is 1.76 bits per heavy atom. The summed E-state index contributed by atoms with van der Waals surface area (Å²) in [6, 6.07) is 6.60. The van der Waals surface area contributed by atoms with Gasteiger partial charge in [-0.15, -0.1) is 11.3 Å². The number of carbonyl (C=O) groups excluding carboxylic acids is 1. The molecule has 108 valence electrons. The van der Waals surface area contributed by atoms with E-state index in [1.807, 2.05) is 0 Å². The van der Waals surface area contributed by atoms with Crippen LogP contribution in [-0.4, -0.2) is 15.8 Å². The number of hydrogen-bond acceptors (Lipinski definition) is 6. The molecule has 21 heavy (non-hydrogen) atoms. The fourth-order valence-electron chi connectivity index (χ4n) is 1.52. The number of anilines is 1. The predicted molar refractivity (Wildman–Crippen MR) is 77.0 cm³/mol. The molecule has 1 aromatic carbocycles. The van der Waals surface area contributed by atoms with Gasteiger partial charge in [0.1, 0.15) is 10.6 Å². The van der Waals surface area contributed by atoms with Gasteiger partial charge in [-0.05, 0) is 6.07 Å². The summed E-state index contributed by atoms with van der Waals surface area (Å²) < 4.78 is -0.132. The molecule has 2 aromatic rings. The average molecular weight is 328 g/mol. The summed E-state index contributed by atoms with van der Waals surface area (Å²) >= 11 is 6.38. The summed E-state index contributed by atoms with van der Waals surface area (Å²) in [5, 5.41) is 23.8. The second-order valence-corrected chi connectivity index (χ2v) is 5.41. The monoisotopic (exact) mass is 327 g/mol. The van der Waals surface area contributed by atoms with Gasteiger partial charge in [-0.25, -0.2) is 0 Å². The fourth-order valence-corrected chi connectivity index (χ4v) is 2.64. The Balaban J connectivity index is 2.29. The smallest absolute Gasteiger partial charge is 0.299 e. The Hall–Kier alpha value is -2.52. The van der Waals surface area contributed by atoms with Crippen LogP contribution in [0.4, 0.5) is 17.1 Å². The van der Waals surface area contributed by atoms with E-state index in [4.69, 9.17) is 11.6 Å². The molecule has 0 aliphatic carbocycles. The van der Waals surface area contributed by atoms with Crippen LogP contribution in [0.2, 0.25) is 4.34 Å². The molecule has 8 nitrogen and oxygen atoms in total. The van der Waals surface area contributed by atoms with Crippen molar-refractivity contribution in [2.24, 2.45) is 0 Å². The molecule has 0 spiro atoms. The van der Waals surface area contributed by atoms with Gasteiger partial charge in [0.05, 0.1) is 9.85 Å². The molecule has 0 aliphatic rings. The van der Waals surface area contributed by atoms with Crippen LogP contribution in [0.1, 0.15) is 9.67 Å². The second-order valence-electron chi connectivity index (χ2n) is 3.76. The van der Waals surface area contributed by atoms with E-state index >= 15 is 0 Å². The first-order valence-corrected chi connectivity index (χ1v) is 6.58. The molecular weight excluding hydrogens is 322 g/mol. The third kappa shape index (κ3) is 3.15. The van der Waals surface area contributed by atoms with E-state index in [9.17, 15) is 25.0 Å². The summed E-state index contributed by atoms with van der Waals surface area (Å²) in [5.74, 6) is -0.704. The molecule has 0 fully saturated rings. The summed E-state index contributed by atoms with van der Waals surface area (Å²) in [4.78, 5) is 32.1. The van der Waals surface area contributed by atoms with Gasteiger partial charge < -0.3 is 5.32 Å². The molecule has 0 unspecified atom stereocenters. The van der Waals surface area contributed by atoms with Crippen LogP contribution in [0.15, 0.2) is 30.3 Å². The van der Waals surface area contributed by atoms with Crippen LogP contribution in [0.3, 0.4) is 0 Å². The molecule has 1 heterocycles. The lowest BCUT2D eigenvalue weighted by Crippen LogP contribution is -2.11. The van der Waals surface area contributed by atoms with E-state index in [0.717, 1.165) is 17.4 Å². The zero-order valence-electron chi connectivity index (χ0n) is 10.1. The van der Waals surface area contributed by atoms with Crippen molar-refractivity contribution < 1.29 is 14.6 Å². The number of para-hydroxylation sites is 2. The minimum atomic E-state index is -0.708. The van der Waals surface area contributed by atoms with E-state index in [-0.39, 0.29) is 26.3 Å². The zero-order valence-corrected chi connectivity index (χ0v) is 11.7. The number of carbonyl (C=O) groups is 1. The first-order chi connectivity index (χ1) is 9.90. The lowest BCUT2D eigenvalue weighted by Gasteiger charge is -2.03. The summed E-state index contributed by atoms with van der Waals surface area (Å²) in [6.45, 7) is 0. The SMILES string of the molecule is O=C(Nc1ccccc1[N+](=O)[O-])c1cc([N+](=O)[O-])c(Cl)s1. The molecule has 0 atom stereocenters. The van der Waals surface area contributed by atoms with Crippen molar-refractivity contribution in [2.45, 2.75) is 0 Å². The van der Waals surface area contributed by atoms with Crippen molar-refractivity contribution in [3.63, 3.8) is 0 Å². The highest BCUT2D eigenvalue weighted by atomic mass is 35.5. The van der Waals surface area contributed by atoms with Gasteiger partial charge in [-0.3, -0.25) is 25.0 Å². The number of nitro benzene ring substituents is 1. The van der Waals surface area contributed by atoms with Crippen molar-refractivity contribution >= 4 is 45.9 Å². The molecule has 0 bridgehead atoms. The molecular formula is C11H6ClN3O5S. The van der Waals surface area contributed by atoms with Gasteiger partial charge in [0.15, 0.2) is 4.34 Å². The molecule has 2 rings (SSSR count). The number of benzene rings is 1. The lowest BCUT2D eigenvalue weighted by atomic mass is 10.2. The third-order valence-electron chi connectivity index (χ3n) is 2.44. The number of hydrogen-bond donors (Lipinski definition) is 1. The summed E-state index contributed by atoms with van der Waals surface area (Å²) in [6.07, 6.45) is 0. The molecule has 10 heteroatoms. The van der Waals surface area contributed by atoms with Crippen molar-refractivity contribution in [1.29, 1.82) is 0 Å². The van der Waals surface area contributed by atoms with Gasteiger partial charge in [-0.1, -0.05) is 23.7 Å². The van der Waals surface area contributed by atoms with Crippen LogP contribution in [0.25, 0.3) is 0 Å². The molecule has 1 amide bonds. The first-order valence-electron chi connectivity index (χ1n) is 5.38. The van der Waals surface area contributed by atoms with E-state index in [0.29, 0.717) is 0 Å². The van der Waals surface area contributed by atoms with Crippen LogP contribution in [0, 0.1) is 20.2 Å². The molecule has 0 saturated heterocycles. The Morgan fingerprint density at radius 3 is 2.33 bits per heavy atom. The van der Waals surface area contributed by atoms with E-state index in [1.54, 1.807) is 0 Å². The van der Waals surface area contributed by atoms with Crippen LogP contribution in [-0.2, 0) is 0 Å². The normalized spacial score (nSPS) is 10.1. The molecule has 1 aromatic heterocycles. The van der Waals surface area contributed by atoms with Crippen molar-refractivity contribution in [1.82, 2.24) is 0 Å². The van der Waals surface area contributed by atoms with Gasteiger partial charge in [-0.2, -0.15) is 0 Å². The van der Waals surface area contributed by atoms with E-state index in [2.05, 4.69) is 5.32 Å². The topological polar surface area (TPSA) is 115 Å². The Kier molecular flexibility index (Phi) is 4.15. The number of amides is 1. The molecule has 0 saturated carbocycles. The Bertz CT molecular complexity index is 745. The number of halogens is 1. The van der Waals surface area contributed by atoms with E-state index in [1.165, 1.54) is 24.3 Å². The summed E-state index contributed by atoms with van der Waals surface area (Å²) in [7, 11) is 0. The molecule has 0 aliphatic heterocycles. The third-order valence-corrected chi connectivity index (χ3v) is 3.77. The van der Waals surface area contributed by atoms with Crippen molar-refractivity contribution in [2.75, 3.05) is 5.32 Å². The first kappa shape index (κ1) is 14.9. The van der Waals surface area contributed by atoms with Gasteiger partial charge >= 0.3 is 0 Å². The largest absolute Gasteiger partial charge is 0.316 e. The van der Waals surface area contributed by atoms with Crippen molar-refractivity contribution in [3.8, 4) is 0 Å². The highest BCUT2D eigenvalue weighted by Crippen LogP contribution is 2.34. The number of nitro groups is 2. The Labute approximate surface area is 126 Å². The fraction of sp³-hybridized carbons (Fsp3) is 0. The predicted octanol–water partition coefficient (Wildman–Crippen LogP) is 3.47. The lowest BCUT2D eigenvalue weighted by molar-refractivity contribution is -0.384. The van der Waals surface area contributed by atoms with Gasteiger partial charge in [0, 0.05) is 12.1 Å². The summed E-state index contributed by atoms with van der Waals surface area (Å²) in [5.41, 5.74) is -0.656. The number of nitrogens with zero attached hydrogens (tertiary/aromatic N) is 2. The molecule has 0 radical (unpaired) electrons. The minimum absolute atomic E-state index is 0.000300. The molecule has 1 N–H and O–H groups in total. The van der Waals surface area contributed by atoms with Crippen LogP contribution >= 0.6 is 22.9 Å². The zero-order chi connectivity index (χ0) is 15.6. The standard InChI is InChI=1S/C11H6ClN3O5S/c12-10-8(15(19)20)5-9(21-10)11(16)13-6-3-1-2-4-7(6)14(17)18/h1-5H,(H,13,16). The number of rotatable bonds is 4. The minimum Gasteiger partial charge on any atom is -0.316 e. The maximum atomic E-state index is 12.0. The Morgan fingerprint density at radius 1 is 1.14 bits per heavy atom. The number of nitrogens with one attached hydrogen (secondary N) is 1. The maximum Gasteiger partial charge on any atom is 0.299 e. The van der Waals surface area contributed by atoms with E-state index < -0.39 is 15.8 Å². The van der Waals surface area contributed by atoms with Crippen LogP contribution < -0.4 is 5.32 Å². The highest BCUT2D eigenvalue weighted by molar-refractivity contribution is 7.18. The number of thiophene rings is 1. The van der Waals surface area contributed by atoms with Crippen molar-refractivity contribution in [3.05, 3.63) is 59.8 Å².